The van der Waals surface area contributed by atoms with Crippen molar-refractivity contribution in [2.75, 3.05) is 12.4 Å². The summed E-state index contributed by atoms with van der Waals surface area (Å²) < 4.78 is 13.0. The van der Waals surface area contributed by atoms with Crippen molar-refractivity contribution in [2.24, 2.45) is 0 Å². The van der Waals surface area contributed by atoms with E-state index in [1.165, 1.54) is 10.9 Å². The molecule has 0 aliphatic heterocycles. The Bertz CT molecular complexity index is 352. The number of alkyl halides is 1. The lowest BCUT2D eigenvalue weighted by molar-refractivity contribution is 0.442. The molecule has 0 radical (unpaired) electrons. The first-order valence-electron chi connectivity index (χ1n) is 3.73. The zero-order valence-electron chi connectivity index (χ0n) is 6.83. The quantitative estimate of drug-likeness (QED) is 0.744. The molecular formula is C7H9ClFN3O. The minimum Gasteiger partial charge on any atom is -0.392 e. The average Bonchev–Trinajstić information content (AvgIpc) is 2.13. The second kappa shape index (κ2) is 4.23. The number of hydrogen-bond acceptors (Lipinski definition) is 3. The van der Waals surface area contributed by atoms with Crippen molar-refractivity contribution in [1.29, 1.82) is 0 Å². The summed E-state index contributed by atoms with van der Waals surface area (Å²) in [6.45, 7) is -0.210. The molecule has 6 heteroatoms. The van der Waals surface area contributed by atoms with Gasteiger partial charge in [-0.1, -0.05) is 11.6 Å². The van der Waals surface area contributed by atoms with E-state index in [-0.39, 0.29) is 23.8 Å². The fourth-order valence-electron chi connectivity index (χ4n) is 0.875. The Hall–Kier alpha value is -1.10. The molecule has 1 aromatic rings. The molecule has 0 aliphatic rings. The smallest absolute Gasteiger partial charge is 0.278 e. The van der Waals surface area contributed by atoms with E-state index >= 15 is 0 Å². The lowest BCUT2D eigenvalue weighted by Gasteiger charge is -2.04. The van der Waals surface area contributed by atoms with Gasteiger partial charge in [0.15, 0.2) is 5.15 Å². The second-order valence-corrected chi connectivity index (χ2v) is 2.85. The Morgan fingerprint density at radius 1 is 1.69 bits per heavy atom. The van der Waals surface area contributed by atoms with E-state index in [0.29, 0.717) is 0 Å². The van der Waals surface area contributed by atoms with Gasteiger partial charge >= 0.3 is 0 Å². The molecule has 0 unspecified atom stereocenters. The van der Waals surface area contributed by atoms with E-state index in [2.05, 4.69) is 4.98 Å². The third kappa shape index (κ3) is 2.18. The lowest BCUT2D eigenvalue weighted by Crippen LogP contribution is -2.23. The van der Waals surface area contributed by atoms with Gasteiger partial charge in [-0.05, 0) is 6.42 Å². The first-order chi connectivity index (χ1) is 6.16. The maximum absolute atomic E-state index is 11.8. The van der Waals surface area contributed by atoms with Crippen LogP contribution in [0.25, 0.3) is 0 Å². The highest BCUT2D eigenvalue weighted by Gasteiger charge is 2.05. The fourth-order valence-corrected chi connectivity index (χ4v) is 0.999. The van der Waals surface area contributed by atoms with Gasteiger partial charge in [0.1, 0.15) is 5.69 Å². The standard InChI is InChI=1S/C7H9ClFN3O/c8-6-5(10)7(13)12(4-11-6)3-1-2-9/h4H,1-3,10H2. The highest BCUT2D eigenvalue weighted by atomic mass is 35.5. The average molecular weight is 206 g/mol. The van der Waals surface area contributed by atoms with Crippen LogP contribution in [0.2, 0.25) is 5.15 Å². The minimum absolute atomic E-state index is 0.0125. The van der Waals surface area contributed by atoms with Crippen molar-refractivity contribution in [3.8, 4) is 0 Å². The molecule has 2 N–H and O–H groups in total. The predicted molar refractivity (Wildman–Crippen MR) is 48.5 cm³/mol. The fraction of sp³-hybridized carbons (Fsp3) is 0.429. The van der Waals surface area contributed by atoms with Crippen molar-refractivity contribution < 1.29 is 4.39 Å². The number of anilines is 1. The zero-order valence-corrected chi connectivity index (χ0v) is 7.59. The van der Waals surface area contributed by atoms with E-state index in [1.807, 2.05) is 0 Å². The van der Waals surface area contributed by atoms with Crippen molar-refractivity contribution in [3.05, 3.63) is 21.8 Å². The summed E-state index contributed by atoms with van der Waals surface area (Å²) in [5.41, 5.74) is 4.82. The summed E-state index contributed by atoms with van der Waals surface area (Å²) in [5.74, 6) is 0. The molecule has 1 heterocycles. The summed E-state index contributed by atoms with van der Waals surface area (Å²) in [7, 11) is 0. The van der Waals surface area contributed by atoms with E-state index < -0.39 is 12.2 Å². The van der Waals surface area contributed by atoms with Crippen LogP contribution in [-0.2, 0) is 6.54 Å². The normalized spacial score (nSPS) is 10.3. The molecule has 72 valence electrons. The van der Waals surface area contributed by atoms with Crippen LogP contribution in [0.1, 0.15) is 6.42 Å². The molecule has 0 aliphatic carbocycles. The van der Waals surface area contributed by atoms with Gasteiger partial charge in [0, 0.05) is 6.54 Å². The van der Waals surface area contributed by atoms with Crippen LogP contribution in [0.5, 0.6) is 0 Å². The Morgan fingerprint density at radius 3 is 3.00 bits per heavy atom. The van der Waals surface area contributed by atoms with Gasteiger partial charge in [-0.3, -0.25) is 13.8 Å². The first-order valence-corrected chi connectivity index (χ1v) is 4.11. The van der Waals surface area contributed by atoms with Crippen molar-refractivity contribution in [3.63, 3.8) is 0 Å². The summed E-state index contributed by atoms with van der Waals surface area (Å²) in [6.07, 6.45) is 1.53. The van der Waals surface area contributed by atoms with Gasteiger partial charge in [-0.15, -0.1) is 0 Å². The van der Waals surface area contributed by atoms with Gasteiger partial charge < -0.3 is 5.73 Å². The van der Waals surface area contributed by atoms with Crippen LogP contribution in [0.15, 0.2) is 11.1 Å². The van der Waals surface area contributed by atoms with Crippen LogP contribution in [-0.4, -0.2) is 16.2 Å². The maximum Gasteiger partial charge on any atom is 0.278 e. The van der Waals surface area contributed by atoms with Gasteiger partial charge in [0.05, 0.1) is 13.0 Å². The summed E-state index contributed by atoms with van der Waals surface area (Å²) in [4.78, 5) is 15.0. The monoisotopic (exact) mass is 205 g/mol. The lowest BCUT2D eigenvalue weighted by atomic mass is 10.4. The highest BCUT2D eigenvalue weighted by molar-refractivity contribution is 6.31. The molecule has 0 fully saturated rings. The molecule has 0 amide bonds. The molecule has 4 nitrogen and oxygen atoms in total. The highest BCUT2D eigenvalue weighted by Crippen LogP contribution is 2.07. The summed E-state index contributed by atoms with van der Waals surface area (Å²) >= 11 is 5.50. The Morgan fingerprint density at radius 2 is 2.38 bits per heavy atom. The predicted octanol–water partition coefficient (Wildman–Crippen LogP) is 0.839. The molecule has 1 aromatic heterocycles. The van der Waals surface area contributed by atoms with Gasteiger partial charge in [-0.25, -0.2) is 4.98 Å². The van der Waals surface area contributed by atoms with Crippen LogP contribution < -0.4 is 11.3 Å². The number of nitrogens with two attached hydrogens (primary N) is 1. The topological polar surface area (TPSA) is 60.9 Å². The van der Waals surface area contributed by atoms with E-state index in [1.54, 1.807) is 0 Å². The number of halogens is 2. The van der Waals surface area contributed by atoms with E-state index in [9.17, 15) is 9.18 Å². The Labute approximate surface area is 79.1 Å². The Kier molecular flexibility index (Phi) is 3.25. The van der Waals surface area contributed by atoms with Gasteiger partial charge in [0.2, 0.25) is 0 Å². The van der Waals surface area contributed by atoms with Crippen LogP contribution >= 0.6 is 11.6 Å². The van der Waals surface area contributed by atoms with Crippen LogP contribution in [0, 0.1) is 0 Å². The van der Waals surface area contributed by atoms with Crippen molar-refractivity contribution >= 4 is 17.3 Å². The minimum atomic E-state index is -0.477. The van der Waals surface area contributed by atoms with Gasteiger partial charge in [-0.2, -0.15) is 0 Å². The van der Waals surface area contributed by atoms with Crippen molar-refractivity contribution in [2.45, 2.75) is 13.0 Å². The number of nitrogens with zero attached hydrogens (tertiary/aromatic N) is 2. The molecule has 13 heavy (non-hydrogen) atoms. The Balaban J connectivity index is 2.97. The molecule has 0 aromatic carbocycles. The molecule has 0 saturated heterocycles. The number of hydrogen-bond donors (Lipinski definition) is 1. The molecule has 1 rings (SSSR count). The molecule has 0 saturated carbocycles. The van der Waals surface area contributed by atoms with Gasteiger partial charge in [0.25, 0.3) is 5.56 Å². The number of aromatic nitrogens is 2. The SMILES string of the molecule is Nc1c(Cl)ncn(CCCF)c1=O. The largest absolute Gasteiger partial charge is 0.392 e. The third-order valence-corrected chi connectivity index (χ3v) is 1.86. The van der Waals surface area contributed by atoms with Crippen LogP contribution in [0.3, 0.4) is 0 Å². The number of aryl methyl sites for hydroxylation is 1. The molecule has 0 bridgehead atoms. The second-order valence-electron chi connectivity index (χ2n) is 2.49. The zero-order chi connectivity index (χ0) is 9.84. The van der Waals surface area contributed by atoms with Crippen molar-refractivity contribution in [1.82, 2.24) is 9.55 Å². The number of nitrogen functional groups attached to an aromatic ring is 1. The van der Waals surface area contributed by atoms with E-state index in [4.69, 9.17) is 17.3 Å². The number of rotatable bonds is 3. The summed E-state index contributed by atoms with van der Waals surface area (Å²) in [6, 6.07) is 0. The first kappa shape index (κ1) is 9.98. The molecule has 0 spiro atoms. The maximum atomic E-state index is 11.8. The van der Waals surface area contributed by atoms with E-state index in [0.717, 1.165) is 0 Å². The third-order valence-electron chi connectivity index (χ3n) is 1.56. The van der Waals surface area contributed by atoms with Crippen LogP contribution in [0.4, 0.5) is 10.1 Å². The molecular weight excluding hydrogens is 197 g/mol. The molecule has 0 atom stereocenters. The summed E-state index contributed by atoms with van der Waals surface area (Å²) in [5, 5.41) is -0.0125.